The topological polar surface area (TPSA) is 9.23 Å². The van der Waals surface area contributed by atoms with Gasteiger partial charge in [0.15, 0.2) is 0 Å². The Bertz CT molecular complexity index is 616. The molecule has 0 aliphatic heterocycles. The number of unbranched alkanes of at least 4 members (excludes halogenated alkanes) is 4. The lowest BCUT2D eigenvalue weighted by atomic mass is 10.1. The molecule has 2 aromatic carbocycles. The van der Waals surface area contributed by atoms with Crippen molar-refractivity contribution in [3.8, 4) is 17.6 Å². The monoisotopic (exact) mass is 266 g/mol. The van der Waals surface area contributed by atoms with Crippen LogP contribution in [0.2, 0.25) is 0 Å². The van der Waals surface area contributed by atoms with Crippen molar-refractivity contribution in [2.45, 2.75) is 39.0 Å². The molecule has 0 bridgehead atoms. The molecular weight excluding hydrogens is 244 g/mol. The molecule has 0 saturated heterocycles. The summed E-state index contributed by atoms with van der Waals surface area (Å²) < 4.78 is 5.26. The van der Waals surface area contributed by atoms with Gasteiger partial charge in [-0.3, -0.25) is 0 Å². The molecule has 0 aromatic heterocycles. The molecular formula is C19H22O. The van der Waals surface area contributed by atoms with Gasteiger partial charge < -0.3 is 4.74 Å². The molecule has 0 aliphatic carbocycles. The van der Waals surface area contributed by atoms with E-state index < -0.39 is 0 Å². The number of hydrogen-bond acceptors (Lipinski definition) is 1. The third-order valence-corrected chi connectivity index (χ3v) is 3.44. The van der Waals surface area contributed by atoms with E-state index in [9.17, 15) is 0 Å². The summed E-state index contributed by atoms with van der Waals surface area (Å²) in [6.07, 6.45) is 6.09. The predicted octanol–water partition coefficient (Wildman–Crippen LogP) is 5.17. The van der Waals surface area contributed by atoms with Crippen molar-refractivity contribution in [1.82, 2.24) is 0 Å². The van der Waals surface area contributed by atoms with Crippen molar-refractivity contribution in [2.24, 2.45) is 0 Å². The molecule has 0 fully saturated rings. The summed E-state index contributed by atoms with van der Waals surface area (Å²) in [7, 11) is 1.70. The second-order valence-corrected chi connectivity index (χ2v) is 5.04. The molecule has 0 aliphatic rings. The molecule has 0 atom stereocenters. The average Bonchev–Trinajstić information content (AvgIpc) is 2.50. The smallest absolute Gasteiger partial charge is 0.119 e. The lowest BCUT2D eigenvalue weighted by Gasteiger charge is -2.02. The van der Waals surface area contributed by atoms with E-state index in [4.69, 9.17) is 4.74 Å². The van der Waals surface area contributed by atoms with Crippen molar-refractivity contribution in [1.29, 1.82) is 0 Å². The molecule has 20 heavy (non-hydrogen) atoms. The lowest BCUT2D eigenvalue weighted by Crippen LogP contribution is -1.83. The standard InChI is InChI=1S/C19H22O/c1-3-4-5-6-7-8-9-16-10-11-17-12-13-19(20-2)15-18(17)14-16/h10-15H,3-7H2,1-2H3. The van der Waals surface area contributed by atoms with Crippen molar-refractivity contribution >= 4 is 10.8 Å². The summed E-state index contributed by atoms with van der Waals surface area (Å²) in [6, 6.07) is 12.5. The molecule has 2 rings (SSSR count). The van der Waals surface area contributed by atoms with E-state index in [0.717, 1.165) is 17.7 Å². The fraction of sp³-hybridized carbons (Fsp3) is 0.368. The zero-order valence-electron chi connectivity index (χ0n) is 12.4. The first-order valence-electron chi connectivity index (χ1n) is 7.40. The van der Waals surface area contributed by atoms with Crippen LogP contribution in [0.5, 0.6) is 5.75 Å². The first-order valence-corrected chi connectivity index (χ1v) is 7.40. The first-order chi connectivity index (χ1) is 9.83. The summed E-state index contributed by atoms with van der Waals surface area (Å²) in [5, 5.41) is 2.40. The molecule has 104 valence electrons. The van der Waals surface area contributed by atoms with E-state index in [1.807, 2.05) is 6.07 Å². The maximum absolute atomic E-state index is 5.26. The molecule has 0 heterocycles. The lowest BCUT2D eigenvalue weighted by molar-refractivity contribution is 0.415. The number of benzene rings is 2. The van der Waals surface area contributed by atoms with E-state index in [1.54, 1.807) is 7.11 Å². The third kappa shape index (κ3) is 4.03. The van der Waals surface area contributed by atoms with E-state index in [1.165, 1.54) is 36.5 Å². The van der Waals surface area contributed by atoms with Gasteiger partial charge in [0.1, 0.15) is 5.75 Å². The van der Waals surface area contributed by atoms with Crippen molar-refractivity contribution in [2.75, 3.05) is 7.11 Å². The molecule has 1 heteroatoms. The van der Waals surface area contributed by atoms with Gasteiger partial charge in [0.2, 0.25) is 0 Å². The van der Waals surface area contributed by atoms with Crippen LogP contribution in [-0.2, 0) is 0 Å². The van der Waals surface area contributed by atoms with Crippen LogP contribution in [0.3, 0.4) is 0 Å². The Hall–Kier alpha value is -1.94. The minimum absolute atomic E-state index is 0.891. The Morgan fingerprint density at radius 2 is 1.80 bits per heavy atom. The highest BCUT2D eigenvalue weighted by atomic mass is 16.5. The van der Waals surface area contributed by atoms with Crippen LogP contribution < -0.4 is 4.74 Å². The minimum atomic E-state index is 0.891. The van der Waals surface area contributed by atoms with Crippen molar-refractivity contribution in [3.05, 3.63) is 42.0 Å². The van der Waals surface area contributed by atoms with Crippen LogP contribution >= 0.6 is 0 Å². The normalized spacial score (nSPS) is 10.1. The SMILES string of the molecule is CCCCCCC#Cc1ccc2ccc(OC)cc2c1. The highest BCUT2D eigenvalue weighted by Gasteiger charge is 1.97. The Morgan fingerprint density at radius 1 is 0.950 bits per heavy atom. The zero-order chi connectivity index (χ0) is 14.2. The maximum atomic E-state index is 5.26. The predicted molar refractivity (Wildman–Crippen MR) is 86.1 cm³/mol. The minimum Gasteiger partial charge on any atom is -0.497 e. The average molecular weight is 266 g/mol. The van der Waals surface area contributed by atoms with Crippen LogP contribution in [0.15, 0.2) is 36.4 Å². The van der Waals surface area contributed by atoms with Gasteiger partial charge in [0.25, 0.3) is 0 Å². The quantitative estimate of drug-likeness (QED) is 0.536. The Balaban J connectivity index is 2.05. The molecule has 1 nitrogen and oxygen atoms in total. The molecule has 0 unspecified atom stereocenters. The van der Waals surface area contributed by atoms with Gasteiger partial charge in [-0.25, -0.2) is 0 Å². The highest BCUT2D eigenvalue weighted by Crippen LogP contribution is 2.21. The first kappa shape index (κ1) is 14.5. The summed E-state index contributed by atoms with van der Waals surface area (Å²) in [4.78, 5) is 0. The van der Waals surface area contributed by atoms with E-state index in [0.29, 0.717) is 0 Å². The van der Waals surface area contributed by atoms with Crippen LogP contribution in [0.1, 0.15) is 44.6 Å². The number of hydrogen-bond donors (Lipinski definition) is 0. The summed E-state index contributed by atoms with van der Waals surface area (Å²) in [5.74, 6) is 7.42. The molecule has 0 N–H and O–H groups in total. The fourth-order valence-corrected chi connectivity index (χ4v) is 2.23. The molecule has 2 aromatic rings. The number of methoxy groups -OCH3 is 1. The number of ether oxygens (including phenoxy) is 1. The van der Waals surface area contributed by atoms with E-state index >= 15 is 0 Å². The van der Waals surface area contributed by atoms with E-state index in [-0.39, 0.29) is 0 Å². The summed E-state index contributed by atoms with van der Waals surface area (Å²) >= 11 is 0. The largest absolute Gasteiger partial charge is 0.497 e. The molecule has 0 radical (unpaired) electrons. The van der Waals surface area contributed by atoms with Crippen LogP contribution in [0, 0.1) is 11.8 Å². The summed E-state index contributed by atoms with van der Waals surface area (Å²) in [5.41, 5.74) is 1.08. The van der Waals surface area contributed by atoms with Gasteiger partial charge in [0.05, 0.1) is 7.11 Å². The zero-order valence-corrected chi connectivity index (χ0v) is 12.4. The van der Waals surface area contributed by atoms with Gasteiger partial charge in [-0.05, 0) is 41.5 Å². The van der Waals surface area contributed by atoms with Gasteiger partial charge in [-0.1, -0.05) is 50.2 Å². The van der Waals surface area contributed by atoms with E-state index in [2.05, 4.69) is 49.1 Å². The van der Waals surface area contributed by atoms with Gasteiger partial charge in [-0.15, -0.1) is 0 Å². The number of fused-ring (bicyclic) bond motifs is 1. The Labute approximate surface area is 122 Å². The number of rotatable bonds is 5. The maximum Gasteiger partial charge on any atom is 0.119 e. The molecule has 0 saturated carbocycles. The van der Waals surface area contributed by atoms with Crippen LogP contribution in [0.4, 0.5) is 0 Å². The fourth-order valence-electron chi connectivity index (χ4n) is 2.23. The van der Waals surface area contributed by atoms with Crippen LogP contribution in [0.25, 0.3) is 10.8 Å². The second-order valence-electron chi connectivity index (χ2n) is 5.04. The van der Waals surface area contributed by atoms with Gasteiger partial charge in [0, 0.05) is 12.0 Å². The molecule has 0 spiro atoms. The second kappa shape index (κ2) is 7.60. The van der Waals surface area contributed by atoms with Crippen LogP contribution in [-0.4, -0.2) is 7.11 Å². The molecule has 0 amide bonds. The summed E-state index contributed by atoms with van der Waals surface area (Å²) in [6.45, 7) is 2.23. The van der Waals surface area contributed by atoms with Gasteiger partial charge in [-0.2, -0.15) is 0 Å². The van der Waals surface area contributed by atoms with Crippen molar-refractivity contribution < 1.29 is 4.74 Å². The Kier molecular flexibility index (Phi) is 5.50. The Morgan fingerprint density at radius 3 is 2.60 bits per heavy atom. The van der Waals surface area contributed by atoms with Crippen molar-refractivity contribution in [3.63, 3.8) is 0 Å². The van der Waals surface area contributed by atoms with Gasteiger partial charge >= 0.3 is 0 Å². The third-order valence-electron chi connectivity index (χ3n) is 3.44. The highest BCUT2D eigenvalue weighted by molar-refractivity contribution is 5.85.